The molecule has 9 aromatic heterocycles. The predicted molar refractivity (Wildman–Crippen MR) is 360 cm³/mol. The summed E-state index contributed by atoms with van der Waals surface area (Å²) in [5, 5.41) is 11.6. The average molecular weight is 1330 g/mol. The number of aryl methyl sites for hydroxylation is 4. The first kappa shape index (κ1) is 74.6. The number of benzene rings is 3. The van der Waals surface area contributed by atoms with Gasteiger partial charge in [0.15, 0.2) is 34.0 Å². The van der Waals surface area contributed by atoms with Crippen LogP contribution < -0.4 is 11.5 Å². The van der Waals surface area contributed by atoms with E-state index in [-0.39, 0.29) is 67.4 Å². The summed E-state index contributed by atoms with van der Waals surface area (Å²) in [6.07, 6.45) is -2.80. The lowest BCUT2D eigenvalue weighted by Gasteiger charge is -2.11. The van der Waals surface area contributed by atoms with E-state index >= 15 is 0 Å². The highest BCUT2D eigenvalue weighted by Gasteiger charge is 2.38. The summed E-state index contributed by atoms with van der Waals surface area (Å²) in [4.78, 5) is 25.3. The van der Waals surface area contributed by atoms with Gasteiger partial charge in [0.1, 0.15) is 11.6 Å². The Balaban J connectivity index is 0.000000215. The minimum absolute atomic E-state index is 0. The van der Waals surface area contributed by atoms with Gasteiger partial charge in [0.25, 0.3) is 0 Å². The van der Waals surface area contributed by atoms with Crippen LogP contribution >= 0.6 is 0 Å². The Morgan fingerprint density at radius 2 is 0.670 bits per heavy atom. The molecule has 0 spiro atoms. The number of ether oxygens (including phenoxy) is 1. The highest BCUT2D eigenvalue weighted by molar-refractivity contribution is 5.70. The van der Waals surface area contributed by atoms with Crippen LogP contribution in [0.5, 0.6) is 0 Å². The van der Waals surface area contributed by atoms with Gasteiger partial charge in [-0.1, -0.05) is 161 Å². The third kappa shape index (κ3) is 19.1. The van der Waals surface area contributed by atoms with Gasteiger partial charge in [-0.15, -0.1) is 0 Å². The zero-order valence-corrected chi connectivity index (χ0v) is 51.2. The maximum absolute atomic E-state index is 13.6. The first-order chi connectivity index (χ1) is 44.9. The number of rotatable bonds is 3. The van der Waals surface area contributed by atoms with E-state index in [2.05, 4.69) is 80.7 Å². The number of fused-ring (bicyclic) bond motifs is 3. The van der Waals surface area contributed by atoms with Crippen LogP contribution in [-0.2, 0) is 23.3 Å². The number of pyridine rings is 3. The molecule has 0 bridgehead atoms. The molecule has 1 aliphatic rings. The van der Waals surface area contributed by atoms with Gasteiger partial charge in [0.05, 0.1) is 52.4 Å². The van der Waals surface area contributed by atoms with Crippen LogP contribution in [0.25, 0.3) is 50.7 Å². The van der Waals surface area contributed by atoms with E-state index in [4.69, 9.17) is 16.2 Å². The number of hydrogen-bond acceptors (Lipinski definition) is 12. The van der Waals surface area contributed by atoms with Crippen LogP contribution in [0.2, 0.25) is 0 Å². The van der Waals surface area contributed by atoms with Crippen molar-refractivity contribution in [2.75, 3.05) is 24.7 Å². The van der Waals surface area contributed by atoms with E-state index < -0.39 is 35.6 Å². The summed E-state index contributed by atoms with van der Waals surface area (Å²) in [6, 6.07) is 34.5. The minimum Gasteiger partial charge on any atom is -0.384 e. The maximum atomic E-state index is 13.6. The fraction of sp³-hybridized carbons (Fsp3) is 0.219. The monoisotopic (exact) mass is 1330 g/mol. The summed E-state index contributed by atoms with van der Waals surface area (Å²) in [6.45, 7) is 13.6. The second-order valence-corrected chi connectivity index (χ2v) is 20.8. The number of nitrogen functional groups attached to an aromatic ring is 2. The number of nitrogens with two attached hydrogens (primary N) is 2. The summed E-state index contributed by atoms with van der Waals surface area (Å²) < 4.78 is 130. The Morgan fingerprint density at radius 1 is 0.381 bits per heavy atom. The molecule has 15 nitrogen and oxygen atoms in total. The maximum Gasteiger partial charge on any atom is 0.433 e. The molecule has 0 radical (unpaired) electrons. The van der Waals surface area contributed by atoms with Crippen molar-refractivity contribution >= 4 is 28.6 Å². The molecule has 12 aromatic rings. The van der Waals surface area contributed by atoms with Crippen LogP contribution in [0.3, 0.4) is 0 Å². The van der Waals surface area contributed by atoms with Crippen LogP contribution in [-0.4, -0.2) is 72.0 Å². The van der Waals surface area contributed by atoms with Crippen molar-refractivity contribution < 1.29 is 44.3 Å². The molecule has 1 fully saturated rings. The zero-order valence-electron chi connectivity index (χ0n) is 51.2. The summed E-state index contributed by atoms with van der Waals surface area (Å²) in [5.41, 5.74) is 17.3. The quantitative estimate of drug-likeness (QED) is 0.126. The molecule has 0 atom stereocenters. The molecule has 0 unspecified atom stereocenters. The van der Waals surface area contributed by atoms with Crippen molar-refractivity contribution in [2.24, 2.45) is 0 Å². The van der Waals surface area contributed by atoms with Gasteiger partial charge < -0.3 is 16.2 Å². The van der Waals surface area contributed by atoms with E-state index in [0.717, 1.165) is 67.3 Å². The fourth-order valence-corrected chi connectivity index (χ4v) is 8.80. The topological polar surface area (TPSA) is 191 Å². The Bertz CT molecular complexity index is 4310. The molecule has 3 aromatic carbocycles. The third-order valence-electron chi connectivity index (χ3n) is 13.7. The molecule has 1 aliphatic heterocycles. The number of alkyl halides is 9. The first-order valence-electron chi connectivity index (χ1n) is 29.0. The van der Waals surface area contributed by atoms with Crippen LogP contribution in [0.4, 0.5) is 51.1 Å². The lowest BCUT2D eigenvalue weighted by Crippen LogP contribution is -2.13. The number of hydrogen-bond donors (Lipinski definition) is 2. The van der Waals surface area contributed by atoms with Gasteiger partial charge in [0, 0.05) is 70.9 Å². The van der Waals surface area contributed by atoms with E-state index in [1.165, 1.54) is 43.8 Å². The molecule has 0 amide bonds. The summed E-state index contributed by atoms with van der Waals surface area (Å²) in [7, 11) is 0. The fourth-order valence-electron chi connectivity index (χ4n) is 8.80. The Kier molecular flexibility index (Phi) is 25.1. The van der Waals surface area contributed by atoms with Crippen molar-refractivity contribution in [1.82, 2.24) is 58.7 Å². The Labute approximate surface area is 555 Å². The van der Waals surface area contributed by atoms with Crippen molar-refractivity contribution in [3.63, 3.8) is 0 Å². The van der Waals surface area contributed by atoms with E-state index in [9.17, 15) is 39.5 Å². The largest absolute Gasteiger partial charge is 0.433 e. The molecule has 97 heavy (non-hydrogen) atoms. The van der Waals surface area contributed by atoms with Gasteiger partial charge in [0.2, 0.25) is 0 Å². The number of halogens is 9. The molecule has 1 saturated heterocycles. The predicted octanol–water partition coefficient (Wildman–Crippen LogP) is 16.8. The van der Waals surface area contributed by atoms with E-state index in [1.807, 2.05) is 84.0 Å². The molecule has 24 heteroatoms. The Morgan fingerprint density at radius 3 is 0.907 bits per heavy atom. The van der Waals surface area contributed by atoms with Crippen LogP contribution in [0.15, 0.2) is 165 Å². The zero-order chi connectivity index (χ0) is 67.3. The van der Waals surface area contributed by atoms with Crippen molar-refractivity contribution in [3.05, 3.63) is 237 Å². The molecule has 10 heterocycles. The lowest BCUT2D eigenvalue weighted by atomic mass is 10.1. The molecular weight excluding hydrogens is 1260 g/mol. The summed E-state index contributed by atoms with van der Waals surface area (Å²) in [5.74, 6) is 17.8. The molecule has 500 valence electrons. The number of anilines is 2. The highest BCUT2D eigenvalue weighted by atomic mass is 19.4. The standard InChI is InChI=1S/C22H15F3N4.2C21H14F3N5.C4H8O.C2H6.3CH4/c1-14-3-8-17(9-4-14)19-11-20(22(23,24)25)29-21(28-19)18(13-27-29)10-7-16-6-5-15(2)26-12-16;2*1-13-2-6-15(7-3-13)17-10-18(21(22,23)24)29-20(28-17)16(12-27-29)8-4-14-5-9-19(25)26-11-14;1-2-4-5-3-1;1-2;;;/h3-6,8-9,11-13H,1-2H3;2*2-3,5-7,9-12H,1H3,(H2,25,26);1-4H2;1-2H3;3*1H4. The lowest BCUT2D eigenvalue weighted by molar-refractivity contribution is -0.143. The van der Waals surface area contributed by atoms with Crippen molar-refractivity contribution in [2.45, 2.75) is 95.2 Å². The normalized spacial score (nSPS) is 11.5. The first-order valence-corrected chi connectivity index (χ1v) is 29.0. The van der Waals surface area contributed by atoms with E-state index in [1.54, 1.807) is 72.9 Å². The number of aromatic nitrogens is 12. The third-order valence-corrected chi connectivity index (χ3v) is 13.7. The van der Waals surface area contributed by atoms with Gasteiger partial charge in [-0.05, 0) is 95.1 Å². The number of nitrogens with zero attached hydrogens (tertiary/aromatic N) is 12. The highest BCUT2D eigenvalue weighted by Crippen LogP contribution is 2.36. The van der Waals surface area contributed by atoms with Crippen molar-refractivity contribution in [3.8, 4) is 69.3 Å². The van der Waals surface area contributed by atoms with Crippen LogP contribution in [0.1, 0.15) is 122 Å². The second-order valence-electron chi connectivity index (χ2n) is 20.8. The molecule has 13 rings (SSSR count). The minimum atomic E-state index is -4.60. The Hall–Kier alpha value is -11.4. The second kappa shape index (κ2) is 32.6. The SMILES string of the molecule is C.C.C.C1CCOC1.CC.Cc1ccc(-c2cc(C(F)(F)F)n3ncc(C#Cc4ccc(C)nc4)c3n2)cc1.Cc1ccc(-c2cc(C(F)(F)F)n3ncc(C#Cc4ccc(N)nc4)c3n2)cc1.Cc1ccc(-c2cc(C(F)(F)F)n3ncc(C#Cc4ccc(N)nc4)c3n2)cc1. The summed E-state index contributed by atoms with van der Waals surface area (Å²) >= 11 is 0. The van der Waals surface area contributed by atoms with Gasteiger partial charge in [-0.2, -0.15) is 54.8 Å². The molecule has 0 saturated carbocycles. The average Bonchev–Trinajstić information content (AvgIpc) is 1.71. The van der Waals surface area contributed by atoms with Crippen molar-refractivity contribution in [1.29, 1.82) is 0 Å². The van der Waals surface area contributed by atoms with Gasteiger partial charge in [-0.25, -0.2) is 38.5 Å². The van der Waals surface area contributed by atoms with Gasteiger partial charge in [-0.3, -0.25) is 4.98 Å². The molecular formula is C73H69F9N14O. The molecule has 0 aliphatic carbocycles. The van der Waals surface area contributed by atoms with Crippen LogP contribution in [0, 0.1) is 63.2 Å². The van der Waals surface area contributed by atoms with E-state index in [0.29, 0.717) is 50.6 Å². The van der Waals surface area contributed by atoms with Gasteiger partial charge >= 0.3 is 18.5 Å². The smallest absolute Gasteiger partial charge is 0.384 e. The molecule has 4 N–H and O–H groups in total.